The van der Waals surface area contributed by atoms with Gasteiger partial charge in [0.15, 0.2) is 0 Å². The lowest BCUT2D eigenvalue weighted by Gasteiger charge is -2.08. The van der Waals surface area contributed by atoms with Gasteiger partial charge in [0.25, 0.3) is 0 Å². The van der Waals surface area contributed by atoms with Gasteiger partial charge in [0.2, 0.25) is 0 Å². The maximum Gasteiger partial charge on any atom is 0.0701 e. The van der Waals surface area contributed by atoms with Crippen molar-refractivity contribution in [2.75, 3.05) is 52.6 Å². The van der Waals surface area contributed by atoms with Crippen LogP contribution in [0.15, 0.2) is 0 Å². The van der Waals surface area contributed by atoms with Crippen molar-refractivity contribution in [2.45, 2.75) is 41.0 Å². The largest absolute Gasteiger partial charge is 0.378 e. The number of ether oxygens (including phenoxy) is 2. The van der Waals surface area contributed by atoms with E-state index < -0.39 is 0 Å². The molecule has 0 spiro atoms. The molecule has 4 heteroatoms. The summed E-state index contributed by atoms with van der Waals surface area (Å²) in [6, 6.07) is 0. The van der Waals surface area contributed by atoms with Crippen molar-refractivity contribution in [3.8, 4) is 0 Å². The first kappa shape index (κ1) is 21.1. The minimum Gasteiger partial charge on any atom is -0.378 e. The molecule has 118 valence electrons. The molecule has 4 nitrogen and oxygen atoms in total. The van der Waals surface area contributed by atoms with Gasteiger partial charge in [-0.1, -0.05) is 34.6 Å². The fraction of sp³-hybridized carbons (Fsp3) is 1.00. The molecule has 0 fully saturated rings. The molecule has 0 unspecified atom stereocenters. The van der Waals surface area contributed by atoms with Crippen LogP contribution < -0.4 is 10.6 Å². The van der Waals surface area contributed by atoms with Crippen molar-refractivity contribution in [1.29, 1.82) is 0 Å². The van der Waals surface area contributed by atoms with Gasteiger partial charge in [-0.2, -0.15) is 0 Å². The first-order valence-electron chi connectivity index (χ1n) is 7.84. The molecule has 0 saturated heterocycles. The van der Waals surface area contributed by atoms with Crippen LogP contribution in [0.1, 0.15) is 41.0 Å². The third kappa shape index (κ3) is 23.4. The number of hydrogen-bond acceptors (Lipinski definition) is 4. The second-order valence-electron chi connectivity index (χ2n) is 4.57. The third-order valence-electron chi connectivity index (χ3n) is 2.20. The standard InChI is InChI=1S/C13H30N2O2.C2H6/c1-4-5-14-6-8-16-10-11-17-9-7-15-12-13(2)3;1-2/h13-15H,4-12H2,1-3H3;1-2H3. The molecule has 0 aliphatic carbocycles. The first-order valence-corrected chi connectivity index (χ1v) is 7.84. The first-order chi connectivity index (χ1) is 9.27. The van der Waals surface area contributed by atoms with Crippen LogP contribution in [0, 0.1) is 5.92 Å². The third-order valence-corrected chi connectivity index (χ3v) is 2.20. The number of rotatable bonds is 13. The van der Waals surface area contributed by atoms with Gasteiger partial charge in [0.1, 0.15) is 0 Å². The summed E-state index contributed by atoms with van der Waals surface area (Å²) in [4.78, 5) is 0. The molecular formula is C15H36N2O2. The van der Waals surface area contributed by atoms with Crippen molar-refractivity contribution in [2.24, 2.45) is 5.92 Å². The van der Waals surface area contributed by atoms with Crippen LogP contribution in [0.4, 0.5) is 0 Å². The summed E-state index contributed by atoms with van der Waals surface area (Å²) in [5.41, 5.74) is 0. The lowest BCUT2D eigenvalue weighted by atomic mass is 10.2. The van der Waals surface area contributed by atoms with E-state index in [-0.39, 0.29) is 0 Å². The summed E-state index contributed by atoms with van der Waals surface area (Å²) < 4.78 is 10.9. The molecule has 0 aromatic heterocycles. The van der Waals surface area contributed by atoms with Crippen LogP contribution in [0.2, 0.25) is 0 Å². The smallest absolute Gasteiger partial charge is 0.0701 e. The molecule has 0 aliphatic rings. The average Bonchev–Trinajstić information content (AvgIpc) is 2.42. The lowest BCUT2D eigenvalue weighted by molar-refractivity contribution is 0.0498. The Balaban J connectivity index is 0. The second-order valence-corrected chi connectivity index (χ2v) is 4.57. The summed E-state index contributed by atoms with van der Waals surface area (Å²) in [6.07, 6.45) is 1.17. The highest BCUT2D eigenvalue weighted by molar-refractivity contribution is 4.50. The fourth-order valence-electron chi connectivity index (χ4n) is 1.30. The van der Waals surface area contributed by atoms with E-state index in [9.17, 15) is 0 Å². The summed E-state index contributed by atoms with van der Waals surface area (Å²) in [5, 5.41) is 6.62. The Morgan fingerprint density at radius 1 is 0.789 bits per heavy atom. The molecule has 2 N–H and O–H groups in total. The molecule has 0 aromatic carbocycles. The van der Waals surface area contributed by atoms with E-state index in [2.05, 4.69) is 31.4 Å². The number of hydrogen-bond donors (Lipinski definition) is 2. The molecular weight excluding hydrogens is 240 g/mol. The van der Waals surface area contributed by atoms with E-state index >= 15 is 0 Å². The monoisotopic (exact) mass is 276 g/mol. The zero-order valence-electron chi connectivity index (χ0n) is 13.8. The van der Waals surface area contributed by atoms with E-state index in [0.29, 0.717) is 19.1 Å². The topological polar surface area (TPSA) is 42.5 Å². The summed E-state index contributed by atoms with van der Waals surface area (Å²) in [5.74, 6) is 0.703. The van der Waals surface area contributed by atoms with Crippen LogP contribution in [0.25, 0.3) is 0 Å². The molecule has 0 atom stereocenters. The molecule has 0 rings (SSSR count). The Morgan fingerprint density at radius 2 is 1.32 bits per heavy atom. The predicted molar refractivity (Wildman–Crippen MR) is 83.9 cm³/mol. The molecule has 0 heterocycles. The van der Waals surface area contributed by atoms with Crippen LogP contribution in [0.5, 0.6) is 0 Å². The summed E-state index contributed by atoms with van der Waals surface area (Å²) >= 11 is 0. The van der Waals surface area contributed by atoms with Crippen LogP contribution in [0.3, 0.4) is 0 Å². The maximum absolute atomic E-state index is 5.44. The van der Waals surface area contributed by atoms with Gasteiger partial charge in [-0.05, 0) is 25.4 Å². The molecule has 0 saturated carbocycles. The van der Waals surface area contributed by atoms with Crippen molar-refractivity contribution in [3.05, 3.63) is 0 Å². The molecule has 0 bridgehead atoms. The molecule has 0 aromatic rings. The highest BCUT2D eigenvalue weighted by atomic mass is 16.5. The van der Waals surface area contributed by atoms with Gasteiger partial charge < -0.3 is 20.1 Å². The van der Waals surface area contributed by atoms with Gasteiger partial charge in [0, 0.05) is 13.1 Å². The molecule has 0 radical (unpaired) electrons. The normalized spacial score (nSPS) is 10.4. The Kier molecular flexibility index (Phi) is 22.4. The van der Waals surface area contributed by atoms with E-state index in [0.717, 1.165) is 39.4 Å². The Labute approximate surface area is 120 Å². The van der Waals surface area contributed by atoms with E-state index in [1.165, 1.54) is 6.42 Å². The zero-order valence-corrected chi connectivity index (χ0v) is 13.8. The lowest BCUT2D eigenvalue weighted by Crippen LogP contribution is -2.25. The van der Waals surface area contributed by atoms with Gasteiger partial charge in [0.05, 0.1) is 26.4 Å². The summed E-state index contributed by atoms with van der Waals surface area (Å²) in [7, 11) is 0. The van der Waals surface area contributed by atoms with Crippen molar-refractivity contribution in [3.63, 3.8) is 0 Å². The van der Waals surface area contributed by atoms with Gasteiger partial charge in [-0.25, -0.2) is 0 Å². The quantitative estimate of drug-likeness (QED) is 0.507. The Hall–Kier alpha value is -0.160. The van der Waals surface area contributed by atoms with Crippen LogP contribution >= 0.6 is 0 Å². The predicted octanol–water partition coefficient (Wildman–Crippen LogP) is 2.29. The Bertz CT molecular complexity index is 144. The van der Waals surface area contributed by atoms with Crippen molar-refractivity contribution in [1.82, 2.24) is 10.6 Å². The zero-order chi connectivity index (χ0) is 14.8. The van der Waals surface area contributed by atoms with Crippen molar-refractivity contribution >= 4 is 0 Å². The molecule has 19 heavy (non-hydrogen) atoms. The van der Waals surface area contributed by atoms with E-state index in [1.807, 2.05) is 13.8 Å². The second kappa shape index (κ2) is 20.2. The van der Waals surface area contributed by atoms with E-state index in [4.69, 9.17) is 9.47 Å². The molecule has 0 aliphatic heterocycles. The van der Waals surface area contributed by atoms with Gasteiger partial charge in [-0.3, -0.25) is 0 Å². The van der Waals surface area contributed by atoms with Crippen LogP contribution in [-0.2, 0) is 9.47 Å². The SMILES string of the molecule is CC.CCCNCCOCCOCCNCC(C)C. The number of nitrogens with one attached hydrogen (secondary N) is 2. The highest BCUT2D eigenvalue weighted by Crippen LogP contribution is 1.86. The minimum absolute atomic E-state index is 0.692. The van der Waals surface area contributed by atoms with E-state index in [1.54, 1.807) is 0 Å². The highest BCUT2D eigenvalue weighted by Gasteiger charge is 1.93. The maximum atomic E-state index is 5.44. The Morgan fingerprint density at radius 3 is 1.79 bits per heavy atom. The molecule has 0 amide bonds. The van der Waals surface area contributed by atoms with Crippen LogP contribution in [-0.4, -0.2) is 52.6 Å². The van der Waals surface area contributed by atoms with Crippen molar-refractivity contribution < 1.29 is 9.47 Å². The van der Waals surface area contributed by atoms with Gasteiger partial charge in [-0.15, -0.1) is 0 Å². The average molecular weight is 276 g/mol. The summed E-state index contributed by atoms with van der Waals surface area (Å²) in [6.45, 7) is 17.5. The minimum atomic E-state index is 0.692. The van der Waals surface area contributed by atoms with Gasteiger partial charge >= 0.3 is 0 Å². The fourth-order valence-corrected chi connectivity index (χ4v) is 1.30.